The van der Waals surface area contributed by atoms with Gasteiger partial charge in [-0.15, -0.1) is 0 Å². The number of rotatable bonds is 5. The van der Waals surface area contributed by atoms with Crippen molar-refractivity contribution in [2.75, 3.05) is 6.54 Å². The molecule has 0 aromatic rings. The summed E-state index contributed by atoms with van der Waals surface area (Å²) in [5.41, 5.74) is 0. The van der Waals surface area contributed by atoms with Gasteiger partial charge < -0.3 is 10.1 Å². The number of esters is 1. The zero-order valence-corrected chi connectivity index (χ0v) is 8.51. The maximum absolute atomic E-state index is 11.3. The summed E-state index contributed by atoms with van der Waals surface area (Å²) in [6.07, 6.45) is 4.04. The molecular formula is C10H19NO2. The predicted molar refractivity (Wildman–Crippen MR) is 51.5 cm³/mol. The van der Waals surface area contributed by atoms with Crippen molar-refractivity contribution in [1.29, 1.82) is 0 Å². The summed E-state index contributed by atoms with van der Waals surface area (Å²) in [4.78, 5) is 11.3. The van der Waals surface area contributed by atoms with Crippen molar-refractivity contribution < 1.29 is 9.53 Å². The molecule has 0 saturated heterocycles. The highest BCUT2D eigenvalue weighted by molar-refractivity contribution is 5.70. The van der Waals surface area contributed by atoms with Gasteiger partial charge >= 0.3 is 5.97 Å². The third-order valence-electron chi connectivity index (χ3n) is 2.38. The van der Waals surface area contributed by atoms with Gasteiger partial charge in [-0.25, -0.2) is 0 Å². The lowest BCUT2D eigenvalue weighted by Gasteiger charge is -2.25. The van der Waals surface area contributed by atoms with Gasteiger partial charge in [-0.2, -0.15) is 0 Å². The molecule has 1 aliphatic carbocycles. The van der Waals surface area contributed by atoms with Crippen LogP contribution in [-0.2, 0) is 9.53 Å². The second kappa shape index (κ2) is 5.22. The van der Waals surface area contributed by atoms with Gasteiger partial charge in [0.05, 0.1) is 6.42 Å². The van der Waals surface area contributed by atoms with Crippen molar-refractivity contribution in [3.8, 4) is 0 Å². The van der Waals surface area contributed by atoms with Crippen LogP contribution in [0.5, 0.6) is 0 Å². The summed E-state index contributed by atoms with van der Waals surface area (Å²) in [5, 5.41) is 3.18. The van der Waals surface area contributed by atoms with E-state index in [4.69, 9.17) is 4.74 Å². The molecule has 0 heterocycles. The first-order valence-corrected chi connectivity index (χ1v) is 5.15. The molecule has 76 valence electrons. The highest BCUT2D eigenvalue weighted by atomic mass is 16.5. The van der Waals surface area contributed by atoms with E-state index in [0.29, 0.717) is 6.42 Å². The van der Waals surface area contributed by atoms with Crippen LogP contribution in [0.3, 0.4) is 0 Å². The topological polar surface area (TPSA) is 38.3 Å². The van der Waals surface area contributed by atoms with E-state index in [9.17, 15) is 4.79 Å². The molecule has 3 heteroatoms. The fraction of sp³-hybridized carbons (Fsp3) is 0.900. The van der Waals surface area contributed by atoms with Crippen LogP contribution >= 0.6 is 0 Å². The van der Waals surface area contributed by atoms with Crippen LogP contribution < -0.4 is 5.32 Å². The minimum atomic E-state index is -0.0573. The third kappa shape index (κ3) is 3.77. The highest BCUT2D eigenvalue weighted by Crippen LogP contribution is 2.22. The standard InChI is InChI=1S/C10H19NO2/c1-3-11-8(2)7-10(12)13-9-5-4-6-9/h8-9,11H,3-7H2,1-2H3. The van der Waals surface area contributed by atoms with Gasteiger partial charge in [0.25, 0.3) is 0 Å². The first-order valence-electron chi connectivity index (χ1n) is 5.15. The SMILES string of the molecule is CCNC(C)CC(=O)OC1CCC1. The summed E-state index contributed by atoms with van der Waals surface area (Å²) >= 11 is 0. The minimum absolute atomic E-state index is 0.0573. The Labute approximate surface area is 79.8 Å². The first kappa shape index (κ1) is 10.5. The van der Waals surface area contributed by atoms with Gasteiger partial charge in [0, 0.05) is 6.04 Å². The first-order chi connectivity index (χ1) is 6.22. The van der Waals surface area contributed by atoms with Crippen LogP contribution in [0.15, 0.2) is 0 Å². The molecule has 1 N–H and O–H groups in total. The van der Waals surface area contributed by atoms with E-state index in [1.807, 2.05) is 13.8 Å². The lowest BCUT2D eigenvalue weighted by atomic mass is 9.96. The second-order valence-corrected chi connectivity index (χ2v) is 3.71. The molecule has 0 spiro atoms. The molecule has 13 heavy (non-hydrogen) atoms. The maximum Gasteiger partial charge on any atom is 0.307 e. The van der Waals surface area contributed by atoms with E-state index >= 15 is 0 Å². The zero-order valence-electron chi connectivity index (χ0n) is 8.51. The second-order valence-electron chi connectivity index (χ2n) is 3.71. The van der Waals surface area contributed by atoms with Crippen molar-refractivity contribution in [1.82, 2.24) is 5.32 Å². The molecule has 1 fully saturated rings. The molecule has 1 rings (SSSR count). The summed E-state index contributed by atoms with van der Waals surface area (Å²) in [6.45, 7) is 4.94. The molecule has 1 saturated carbocycles. The van der Waals surface area contributed by atoms with Crippen molar-refractivity contribution >= 4 is 5.97 Å². The van der Waals surface area contributed by atoms with Crippen LogP contribution in [0, 0.1) is 0 Å². The molecule has 3 nitrogen and oxygen atoms in total. The van der Waals surface area contributed by atoms with E-state index in [-0.39, 0.29) is 18.1 Å². The van der Waals surface area contributed by atoms with E-state index in [0.717, 1.165) is 19.4 Å². The smallest absolute Gasteiger partial charge is 0.307 e. The molecule has 0 aromatic heterocycles. The zero-order chi connectivity index (χ0) is 9.68. The van der Waals surface area contributed by atoms with Crippen molar-refractivity contribution in [2.24, 2.45) is 0 Å². The average molecular weight is 185 g/mol. The predicted octanol–water partition coefficient (Wildman–Crippen LogP) is 1.47. The Bertz CT molecular complexity index is 166. The Morgan fingerprint density at radius 2 is 2.31 bits per heavy atom. The van der Waals surface area contributed by atoms with Crippen LogP contribution in [0.1, 0.15) is 39.5 Å². The molecule has 0 aromatic carbocycles. The highest BCUT2D eigenvalue weighted by Gasteiger charge is 2.22. The Morgan fingerprint density at radius 3 is 2.77 bits per heavy atom. The van der Waals surface area contributed by atoms with Crippen LogP contribution in [0.4, 0.5) is 0 Å². The van der Waals surface area contributed by atoms with E-state index in [1.54, 1.807) is 0 Å². The number of nitrogens with one attached hydrogen (secondary N) is 1. The van der Waals surface area contributed by atoms with Crippen LogP contribution in [0.2, 0.25) is 0 Å². The molecule has 0 aliphatic heterocycles. The molecular weight excluding hydrogens is 166 g/mol. The van der Waals surface area contributed by atoms with Gasteiger partial charge in [-0.05, 0) is 32.7 Å². The van der Waals surface area contributed by atoms with Gasteiger partial charge in [0.15, 0.2) is 0 Å². The fourth-order valence-corrected chi connectivity index (χ4v) is 1.39. The number of carbonyl (C=O) groups excluding carboxylic acids is 1. The Kier molecular flexibility index (Phi) is 4.22. The normalized spacial score (nSPS) is 19.2. The number of hydrogen-bond acceptors (Lipinski definition) is 3. The summed E-state index contributed by atoms with van der Waals surface area (Å²) in [5.74, 6) is -0.0573. The fourth-order valence-electron chi connectivity index (χ4n) is 1.39. The lowest BCUT2D eigenvalue weighted by Crippen LogP contribution is -2.32. The minimum Gasteiger partial charge on any atom is -0.462 e. The van der Waals surface area contributed by atoms with E-state index < -0.39 is 0 Å². The molecule has 0 bridgehead atoms. The summed E-state index contributed by atoms with van der Waals surface area (Å²) < 4.78 is 5.22. The quantitative estimate of drug-likeness (QED) is 0.659. The van der Waals surface area contributed by atoms with Crippen molar-refractivity contribution in [2.45, 2.75) is 51.7 Å². The summed E-state index contributed by atoms with van der Waals surface area (Å²) in [7, 11) is 0. The largest absolute Gasteiger partial charge is 0.462 e. The molecule has 0 amide bonds. The Morgan fingerprint density at radius 1 is 1.62 bits per heavy atom. The van der Waals surface area contributed by atoms with Crippen LogP contribution in [-0.4, -0.2) is 24.7 Å². The van der Waals surface area contributed by atoms with Gasteiger partial charge in [-0.3, -0.25) is 4.79 Å². The van der Waals surface area contributed by atoms with E-state index in [2.05, 4.69) is 5.32 Å². The monoisotopic (exact) mass is 185 g/mol. The Balaban J connectivity index is 2.08. The van der Waals surface area contributed by atoms with E-state index in [1.165, 1.54) is 6.42 Å². The average Bonchev–Trinajstić information content (AvgIpc) is 1.97. The number of hydrogen-bond donors (Lipinski definition) is 1. The molecule has 0 radical (unpaired) electrons. The number of ether oxygens (including phenoxy) is 1. The lowest BCUT2D eigenvalue weighted by molar-refractivity contribution is -0.153. The van der Waals surface area contributed by atoms with Gasteiger partial charge in [-0.1, -0.05) is 6.92 Å². The number of carbonyl (C=O) groups is 1. The third-order valence-corrected chi connectivity index (χ3v) is 2.38. The molecule has 1 aliphatic rings. The van der Waals surface area contributed by atoms with Gasteiger partial charge in [0.1, 0.15) is 6.10 Å². The maximum atomic E-state index is 11.3. The Hall–Kier alpha value is -0.570. The van der Waals surface area contributed by atoms with Gasteiger partial charge in [0.2, 0.25) is 0 Å². The molecule has 1 unspecified atom stereocenters. The van der Waals surface area contributed by atoms with Crippen molar-refractivity contribution in [3.63, 3.8) is 0 Å². The summed E-state index contributed by atoms with van der Waals surface area (Å²) in [6, 6.07) is 0.234. The molecule has 1 atom stereocenters. The van der Waals surface area contributed by atoms with Crippen molar-refractivity contribution in [3.05, 3.63) is 0 Å². The van der Waals surface area contributed by atoms with Crippen LogP contribution in [0.25, 0.3) is 0 Å².